The van der Waals surface area contributed by atoms with E-state index in [1.807, 2.05) is 48.5 Å². The van der Waals surface area contributed by atoms with Crippen LogP contribution in [-0.4, -0.2) is 17.6 Å². The summed E-state index contributed by atoms with van der Waals surface area (Å²) in [6.07, 6.45) is 0. The highest BCUT2D eigenvalue weighted by molar-refractivity contribution is 9.10. The van der Waals surface area contributed by atoms with Gasteiger partial charge in [-0.15, -0.1) is 11.8 Å². The average Bonchev–Trinajstić information content (AvgIpc) is 2.48. The molecule has 114 valence electrons. The first-order valence-electron chi connectivity index (χ1n) is 6.59. The zero-order valence-electron chi connectivity index (χ0n) is 11.9. The molecule has 22 heavy (non-hydrogen) atoms. The summed E-state index contributed by atoms with van der Waals surface area (Å²) in [6.45, 7) is 1.47. The van der Waals surface area contributed by atoms with Gasteiger partial charge in [0.15, 0.2) is 0 Å². The van der Waals surface area contributed by atoms with Gasteiger partial charge in [-0.3, -0.25) is 9.59 Å². The maximum absolute atomic E-state index is 11.9. The van der Waals surface area contributed by atoms with Crippen LogP contribution in [-0.2, 0) is 9.59 Å². The van der Waals surface area contributed by atoms with E-state index in [2.05, 4.69) is 26.6 Å². The van der Waals surface area contributed by atoms with Crippen molar-refractivity contribution in [1.82, 2.24) is 0 Å². The molecule has 2 rings (SSSR count). The minimum absolute atomic E-state index is 0.0572. The SMILES string of the molecule is CC(=O)Nc1ccc(SCC(=O)Nc2ccc(Br)cc2)cc1. The molecule has 4 nitrogen and oxygen atoms in total. The summed E-state index contributed by atoms with van der Waals surface area (Å²) < 4.78 is 0.971. The van der Waals surface area contributed by atoms with Crippen molar-refractivity contribution in [2.24, 2.45) is 0 Å². The minimum atomic E-state index is -0.103. The number of rotatable bonds is 5. The Hall–Kier alpha value is -1.79. The molecule has 0 aliphatic heterocycles. The summed E-state index contributed by atoms with van der Waals surface area (Å²) in [5.41, 5.74) is 1.52. The molecule has 0 fully saturated rings. The van der Waals surface area contributed by atoms with Gasteiger partial charge in [-0.25, -0.2) is 0 Å². The summed E-state index contributed by atoms with van der Waals surface area (Å²) >= 11 is 4.80. The van der Waals surface area contributed by atoms with Crippen LogP contribution in [0.15, 0.2) is 57.9 Å². The molecule has 0 unspecified atom stereocenters. The highest BCUT2D eigenvalue weighted by atomic mass is 79.9. The van der Waals surface area contributed by atoms with Crippen molar-refractivity contribution in [3.8, 4) is 0 Å². The number of benzene rings is 2. The van der Waals surface area contributed by atoms with Gasteiger partial charge in [0.05, 0.1) is 5.75 Å². The Morgan fingerprint density at radius 1 is 0.955 bits per heavy atom. The molecule has 0 saturated carbocycles. The van der Waals surface area contributed by atoms with Gasteiger partial charge in [0.1, 0.15) is 0 Å². The van der Waals surface area contributed by atoms with Gasteiger partial charge in [-0.1, -0.05) is 15.9 Å². The maximum atomic E-state index is 11.9. The summed E-state index contributed by atoms with van der Waals surface area (Å²) in [5.74, 6) is 0.169. The first-order chi connectivity index (χ1) is 10.5. The number of amides is 2. The molecular formula is C16H15BrN2O2S. The van der Waals surface area contributed by atoms with Crippen molar-refractivity contribution in [3.63, 3.8) is 0 Å². The Morgan fingerprint density at radius 2 is 1.50 bits per heavy atom. The van der Waals surface area contributed by atoms with Crippen molar-refractivity contribution in [2.75, 3.05) is 16.4 Å². The summed E-state index contributed by atoms with van der Waals surface area (Å²) in [4.78, 5) is 23.8. The average molecular weight is 379 g/mol. The second-order valence-electron chi connectivity index (χ2n) is 4.55. The molecule has 0 heterocycles. The Morgan fingerprint density at radius 3 is 2.09 bits per heavy atom. The van der Waals surface area contributed by atoms with E-state index in [1.165, 1.54) is 18.7 Å². The number of hydrogen-bond acceptors (Lipinski definition) is 3. The molecule has 2 N–H and O–H groups in total. The number of hydrogen-bond donors (Lipinski definition) is 2. The van der Waals surface area contributed by atoms with E-state index in [-0.39, 0.29) is 11.8 Å². The minimum Gasteiger partial charge on any atom is -0.326 e. The highest BCUT2D eigenvalue weighted by Gasteiger charge is 2.04. The Kier molecular flexibility index (Phi) is 6.03. The third kappa shape index (κ3) is 5.54. The van der Waals surface area contributed by atoms with Gasteiger partial charge in [0.2, 0.25) is 11.8 Å². The fourth-order valence-corrected chi connectivity index (χ4v) is 2.68. The molecule has 0 aliphatic rings. The van der Waals surface area contributed by atoms with E-state index >= 15 is 0 Å². The largest absolute Gasteiger partial charge is 0.326 e. The summed E-state index contributed by atoms with van der Waals surface area (Å²) in [6, 6.07) is 14.8. The van der Waals surface area contributed by atoms with E-state index in [0.29, 0.717) is 5.75 Å². The molecule has 0 bridgehead atoms. The lowest BCUT2D eigenvalue weighted by Crippen LogP contribution is -2.13. The zero-order valence-corrected chi connectivity index (χ0v) is 14.3. The van der Waals surface area contributed by atoms with Crippen LogP contribution in [0.25, 0.3) is 0 Å². The number of thioether (sulfide) groups is 1. The molecule has 2 aromatic rings. The van der Waals surface area contributed by atoms with Gasteiger partial charge in [0.25, 0.3) is 0 Å². The van der Waals surface area contributed by atoms with Crippen LogP contribution >= 0.6 is 27.7 Å². The lowest BCUT2D eigenvalue weighted by atomic mass is 10.3. The van der Waals surface area contributed by atoms with Crippen LogP contribution in [0.5, 0.6) is 0 Å². The topological polar surface area (TPSA) is 58.2 Å². The Balaban J connectivity index is 1.83. The van der Waals surface area contributed by atoms with Crippen molar-refractivity contribution in [1.29, 1.82) is 0 Å². The third-order valence-electron chi connectivity index (χ3n) is 2.67. The van der Waals surface area contributed by atoms with Crippen molar-refractivity contribution in [3.05, 3.63) is 53.0 Å². The van der Waals surface area contributed by atoms with Gasteiger partial charge in [-0.05, 0) is 48.5 Å². The van der Waals surface area contributed by atoms with Crippen LogP contribution in [0.4, 0.5) is 11.4 Å². The van der Waals surface area contributed by atoms with Gasteiger partial charge >= 0.3 is 0 Å². The molecule has 0 saturated heterocycles. The Bertz CT molecular complexity index is 657. The van der Waals surface area contributed by atoms with E-state index in [0.717, 1.165) is 20.7 Å². The first kappa shape index (κ1) is 16.6. The predicted octanol–water partition coefficient (Wildman–Crippen LogP) is 4.14. The lowest BCUT2D eigenvalue weighted by Gasteiger charge is -2.06. The summed E-state index contributed by atoms with van der Waals surface area (Å²) in [5, 5.41) is 5.54. The molecule has 0 spiro atoms. The van der Waals surface area contributed by atoms with E-state index in [9.17, 15) is 9.59 Å². The second-order valence-corrected chi connectivity index (χ2v) is 6.51. The van der Waals surface area contributed by atoms with Crippen molar-refractivity contribution < 1.29 is 9.59 Å². The molecule has 2 aromatic carbocycles. The van der Waals surface area contributed by atoms with Crippen LogP contribution in [0.2, 0.25) is 0 Å². The number of nitrogens with one attached hydrogen (secondary N) is 2. The number of halogens is 1. The zero-order chi connectivity index (χ0) is 15.9. The highest BCUT2D eigenvalue weighted by Crippen LogP contribution is 2.21. The molecular weight excluding hydrogens is 364 g/mol. The van der Waals surface area contributed by atoms with Crippen molar-refractivity contribution >= 4 is 50.9 Å². The number of carbonyl (C=O) groups is 2. The lowest BCUT2D eigenvalue weighted by molar-refractivity contribution is -0.114. The van der Waals surface area contributed by atoms with Crippen LogP contribution in [0, 0.1) is 0 Å². The van der Waals surface area contributed by atoms with Gasteiger partial charge < -0.3 is 10.6 Å². The molecule has 0 aromatic heterocycles. The third-order valence-corrected chi connectivity index (χ3v) is 4.21. The fraction of sp³-hybridized carbons (Fsp3) is 0.125. The first-order valence-corrected chi connectivity index (χ1v) is 8.36. The Labute approximate surface area is 141 Å². The van der Waals surface area contributed by atoms with Crippen LogP contribution in [0.1, 0.15) is 6.92 Å². The smallest absolute Gasteiger partial charge is 0.234 e. The van der Waals surface area contributed by atoms with E-state index < -0.39 is 0 Å². The van der Waals surface area contributed by atoms with Crippen molar-refractivity contribution in [2.45, 2.75) is 11.8 Å². The predicted molar refractivity (Wildman–Crippen MR) is 94.2 cm³/mol. The number of carbonyl (C=O) groups excluding carboxylic acids is 2. The fourth-order valence-electron chi connectivity index (χ4n) is 1.72. The standard InChI is InChI=1S/C16H15BrN2O2S/c1-11(20)18-13-6-8-15(9-7-13)22-10-16(21)19-14-4-2-12(17)3-5-14/h2-9H,10H2,1H3,(H,18,20)(H,19,21). The monoisotopic (exact) mass is 378 g/mol. The van der Waals surface area contributed by atoms with Gasteiger partial charge in [0, 0.05) is 27.7 Å². The molecule has 0 radical (unpaired) electrons. The maximum Gasteiger partial charge on any atom is 0.234 e. The molecule has 6 heteroatoms. The van der Waals surface area contributed by atoms with Crippen LogP contribution < -0.4 is 10.6 Å². The second kappa shape index (κ2) is 8.00. The normalized spacial score (nSPS) is 10.1. The molecule has 2 amide bonds. The quantitative estimate of drug-likeness (QED) is 0.768. The number of anilines is 2. The van der Waals surface area contributed by atoms with Gasteiger partial charge in [-0.2, -0.15) is 0 Å². The van der Waals surface area contributed by atoms with E-state index in [1.54, 1.807) is 0 Å². The molecule has 0 aliphatic carbocycles. The van der Waals surface area contributed by atoms with E-state index in [4.69, 9.17) is 0 Å². The summed E-state index contributed by atoms with van der Waals surface area (Å²) in [7, 11) is 0. The molecule has 0 atom stereocenters. The van der Waals surface area contributed by atoms with Crippen LogP contribution in [0.3, 0.4) is 0 Å².